The zero-order chi connectivity index (χ0) is 9.97. The summed E-state index contributed by atoms with van der Waals surface area (Å²) in [4.78, 5) is 4.41. The van der Waals surface area contributed by atoms with Crippen molar-refractivity contribution in [2.45, 2.75) is 13.8 Å². The van der Waals surface area contributed by atoms with Gasteiger partial charge in [-0.05, 0) is 24.8 Å². The van der Waals surface area contributed by atoms with Crippen LogP contribution >= 0.6 is 0 Å². The second-order valence-corrected chi connectivity index (χ2v) is 3.34. The molecule has 0 unspecified atom stereocenters. The fourth-order valence-electron chi connectivity index (χ4n) is 1.66. The third-order valence-corrected chi connectivity index (χ3v) is 2.36. The van der Waals surface area contributed by atoms with Crippen molar-refractivity contribution < 1.29 is 0 Å². The van der Waals surface area contributed by atoms with Crippen molar-refractivity contribution in [2.75, 3.05) is 0 Å². The van der Waals surface area contributed by atoms with E-state index in [2.05, 4.69) is 48.3 Å². The molecule has 0 fully saturated rings. The number of hydrogen-bond acceptors (Lipinski definition) is 1. The molecule has 0 atom stereocenters. The molecule has 14 heavy (non-hydrogen) atoms. The van der Waals surface area contributed by atoms with Gasteiger partial charge in [-0.3, -0.25) is 4.99 Å². The van der Waals surface area contributed by atoms with Crippen LogP contribution in [0.2, 0.25) is 0 Å². The standard InChI is InChI=1S/C13H13N/c1-3-14-13-10(2)8-9-11-6-4-5-7-12(11)13/h3-9H,1-2H3. The van der Waals surface area contributed by atoms with Gasteiger partial charge in [0.15, 0.2) is 0 Å². The third-order valence-electron chi connectivity index (χ3n) is 2.36. The molecule has 0 N–H and O–H groups in total. The predicted octanol–water partition coefficient (Wildman–Crippen LogP) is 3.87. The van der Waals surface area contributed by atoms with E-state index in [4.69, 9.17) is 0 Å². The Balaban J connectivity index is 2.82. The van der Waals surface area contributed by atoms with Crippen LogP contribution in [0.15, 0.2) is 41.4 Å². The van der Waals surface area contributed by atoms with Gasteiger partial charge >= 0.3 is 0 Å². The van der Waals surface area contributed by atoms with Crippen molar-refractivity contribution in [1.29, 1.82) is 0 Å². The van der Waals surface area contributed by atoms with Crippen molar-refractivity contribution in [3.63, 3.8) is 0 Å². The number of benzene rings is 2. The number of fused-ring (bicyclic) bond motifs is 1. The monoisotopic (exact) mass is 183 g/mol. The van der Waals surface area contributed by atoms with E-state index >= 15 is 0 Å². The molecule has 2 aromatic rings. The van der Waals surface area contributed by atoms with E-state index in [0.717, 1.165) is 5.69 Å². The van der Waals surface area contributed by atoms with E-state index in [9.17, 15) is 0 Å². The minimum atomic E-state index is 1.09. The van der Waals surface area contributed by atoms with Crippen LogP contribution in [0.5, 0.6) is 0 Å². The smallest absolute Gasteiger partial charge is 0.0733 e. The summed E-state index contributed by atoms with van der Waals surface area (Å²) in [5.74, 6) is 0. The Morgan fingerprint density at radius 3 is 2.64 bits per heavy atom. The number of rotatable bonds is 1. The van der Waals surface area contributed by atoms with Gasteiger partial charge in [0.2, 0.25) is 0 Å². The number of hydrogen-bond donors (Lipinski definition) is 0. The van der Waals surface area contributed by atoms with Gasteiger partial charge in [0.1, 0.15) is 0 Å². The SMILES string of the molecule is CC=Nc1c(C)ccc2ccccc12. The number of aliphatic imine (C=N–C) groups is 1. The lowest BCUT2D eigenvalue weighted by molar-refractivity contribution is 1.43. The molecule has 0 heterocycles. The van der Waals surface area contributed by atoms with Gasteiger partial charge in [0, 0.05) is 11.6 Å². The first-order chi connectivity index (χ1) is 6.83. The predicted molar refractivity (Wildman–Crippen MR) is 62.5 cm³/mol. The third kappa shape index (κ3) is 1.41. The summed E-state index contributed by atoms with van der Waals surface area (Å²) in [6.07, 6.45) is 1.84. The van der Waals surface area contributed by atoms with Crippen LogP contribution < -0.4 is 0 Å². The molecule has 0 bridgehead atoms. The van der Waals surface area contributed by atoms with Gasteiger partial charge in [-0.1, -0.05) is 36.4 Å². The molecule has 0 aliphatic carbocycles. The Bertz CT molecular complexity index is 484. The van der Waals surface area contributed by atoms with Crippen LogP contribution in [0.3, 0.4) is 0 Å². The molecule has 1 heteroatoms. The summed E-state index contributed by atoms with van der Waals surface area (Å²) in [5, 5.41) is 2.48. The van der Waals surface area contributed by atoms with Gasteiger partial charge in [0.05, 0.1) is 5.69 Å². The Morgan fingerprint density at radius 1 is 1.07 bits per heavy atom. The Labute approximate surface area is 84.1 Å². The number of nitrogens with zero attached hydrogens (tertiary/aromatic N) is 1. The molecule has 1 nitrogen and oxygen atoms in total. The minimum Gasteiger partial charge on any atom is -0.261 e. The fourth-order valence-corrected chi connectivity index (χ4v) is 1.66. The molecule has 0 amide bonds. The average molecular weight is 183 g/mol. The molecule has 0 saturated heterocycles. The molecular formula is C13H13N. The van der Waals surface area contributed by atoms with Gasteiger partial charge in [-0.25, -0.2) is 0 Å². The molecule has 0 spiro atoms. The molecule has 0 aromatic heterocycles. The Hall–Kier alpha value is -1.63. The van der Waals surface area contributed by atoms with Crippen LogP contribution in [0.25, 0.3) is 10.8 Å². The zero-order valence-electron chi connectivity index (χ0n) is 8.49. The van der Waals surface area contributed by atoms with Crippen molar-refractivity contribution >= 4 is 22.7 Å². The quantitative estimate of drug-likeness (QED) is 0.595. The first kappa shape index (κ1) is 8.95. The highest BCUT2D eigenvalue weighted by atomic mass is 14.7. The summed E-state index contributed by atoms with van der Waals surface area (Å²) in [5.41, 5.74) is 2.31. The molecular weight excluding hydrogens is 170 g/mol. The maximum absolute atomic E-state index is 4.41. The summed E-state index contributed by atoms with van der Waals surface area (Å²) >= 11 is 0. The molecule has 0 aliphatic heterocycles. The molecule has 0 aliphatic rings. The second kappa shape index (κ2) is 3.62. The summed E-state index contributed by atoms with van der Waals surface area (Å²) in [6, 6.07) is 12.6. The van der Waals surface area contributed by atoms with Crippen LogP contribution in [0, 0.1) is 6.92 Å². The highest BCUT2D eigenvalue weighted by Gasteiger charge is 2.01. The van der Waals surface area contributed by atoms with Gasteiger partial charge in [-0.2, -0.15) is 0 Å². The lowest BCUT2D eigenvalue weighted by Crippen LogP contribution is -1.78. The van der Waals surface area contributed by atoms with Crippen molar-refractivity contribution in [3.05, 3.63) is 42.0 Å². The van der Waals surface area contributed by atoms with Gasteiger partial charge in [-0.15, -0.1) is 0 Å². The zero-order valence-corrected chi connectivity index (χ0v) is 8.49. The van der Waals surface area contributed by atoms with Crippen molar-refractivity contribution in [1.82, 2.24) is 0 Å². The van der Waals surface area contributed by atoms with Crippen LogP contribution in [-0.4, -0.2) is 6.21 Å². The van der Waals surface area contributed by atoms with E-state index in [1.165, 1.54) is 16.3 Å². The molecule has 0 radical (unpaired) electrons. The van der Waals surface area contributed by atoms with E-state index in [-0.39, 0.29) is 0 Å². The van der Waals surface area contributed by atoms with Crippen LogP contribution in [0.4, 0.5) is 5.69 Å². The van der Waals surface area contributed by atoms with Crippen molar-refractivity contribution in [3.8, 4) is 0 Å². The molecule has 0 saturated carbocycles. The highest BCUT2D eigenvalue weighted by molar-refractivity contribution is 5.95. The average Bonchev–Trinajstić information content (AvgIpc) is 2.23. The normalized spacial score (nSPS) is 11.3. The van der Waals surface area contributed by atoms with Crippen LogP contribution in [0.1, 0.15) is 12.5 Å². The fraction of sp³-hybridized carbons (Fsp3) is 0.154. The summed E-state index contributed by atoms with van der Waals surface area (Å²) in [6.45, 7) is 4.04. The summed E-state index contributed by atoms with van der Waals surface area (Å²) in [7, 11) is 0. The van der Waals surface area contributed by atoms with Gasteiger partial charge in [0.25, 0.3) is 0 Å². The first-order valence-electron chi connectivity index (χ1n) is 4.80. The van der Waals surface area contributed by atoms with E-state index in [0.29, 0.717) is 0 Å². The van der Waals surface area contributed by atoms with Gasteiger partial charge < -0.3 is 0 Å². The van der Waals surface area contributed by atoms with E-state index in [1.54, 1.807) is 0 Å². The first-order valence-corrected chi connectivity index (χ1v) is 4.80. The molecule has 70 valence electrons. The Morgan fingerprint density at radius 2 is 1.86 bits per heavy atom. The lowest BCUT2D eigenvalue weighted by atomic mass is 10.1. The largest absolute Gasteiger partial charge is 0.261 e. The van der Waals surface area contributed by atoms with Crippen molar-refractivity contribution in [2.24, 2.45) is 4.99 Å². The maximum Gasteiger partial charge on any atom is 0.0733 e. The summed E-state index contributed by atoms with van der Waals surface area (Å²) < 4.78 is 0. The van der Waals surface area contributed by atoms with Crippen LogP contribution in [-0.2, 0) is 0 Å². The lowest BCUT2D eigenvalue weighted by Gasteiger charge is -2.04. The molecule has 2 aromatic carbocycles. The Kier molecular flexibility index (Phi) is 2.32. The maximum atomic E-state index is 4.41. The minimum absolute atomic E-state index is 1.09. The molecule has 2 rings (SSSR count). The van der Waals surface area contributed by atoms with E-state index < -0.39 is 0 Å². The number of aryl methyl sites for hydroxylation is 1. The van der Waals surface area contributed by atoms with E-state index in [1.807, 2.05) is 13.1 Å². The topological polar surface area (TPSA) is 12.4 Å². The highest BCUT2D eigenvalue weighted by Crippen LogP contribution is 2.29. The second-order valence-electron chi connectivity index (χ2n) is 3.34.